The van der Waals surface area contributed by atoms with Crippen molar-refractivity contribution >= 4 is 29.4 Å². The fourth-order valence-electron chi connectivity index (χ4n) is 11.0. The Morgan fingerprint density at radius 3 is 2.26 bits per heavy atom. The number of Topliss-reactive ketones (excluding diaryl/α,β-unsaturated/α-hetero) is 2. The molecule has 0 unspecified atom stereocenters. The monoisotopic (exact) mass is 978 g/mol. The molecule has 17 nitrogen and oxygen atoms in total. The number of rotatable bonds is 12. The first kappa shape index (κ1) is 58.4. The molecule has 5 rings (SSSR count). The number of esters is 1. The maximum absolute atomic E-state index is 14.5. The Morgan fingerprint density at radius 1 is 0.899 bits per heavy atom. The predicted molar refractivity (Wildman–Crippen MR) is 259 cm³/mol. The normalized spacial score (nSPS) is 37.3. The summed E-state index contributed by atoms with van der Waals surface area (Å²) in [5.74, 6) is -8.25. The molecule has 0 spiro atoms. The largest absolute Gasteiger partial charge is 0.456 e. The molecule has 4 N–H and O–H groups in total. The van der Waals surface area contributed by atoms with Crippen LogP contribution in [0.15, 0.2) is 23.3 Å². The van der Waals surface area contributed by atoms with Gasteiger partial charge in [0, 0.05) is 84.6 Å². The number of morpholine rings is 1. The second kappa shape index (κ2) is 27.6. The number of piperidine rings is 1. The molecule has 3 saturated heterocycles. The number of nitrogens with zero attached hydrogens (tertiary/aromatic N) is 2. The number of aliphatic hydroxyl groups excluding tert-OH is 2. The lowest BCUT2D eigenvalue weighted by atomic mass is 9.81. The van der Waals surface area contributed by atoms with Gasteiger partial charge in [-0.1, -0.05) is 45.9 Å². The van der Waals surface area contributed by atoms with Gasteiger partial charge < -0.3 is 54.0 Å². The quantitative estimate of drug-likeness (QED) is 0.122. The van der Waals surface area contributed by atoms with Gasteiger partial charge in [-0.05, 0) is 102 Å². The van der Waals surface area contributed by atoms with Gasteiger partial charge in [0.15, 0.2) is 0 Å². The lowest BCUT2D eigenvalue weighted by Crippen LogP contribution is -2.64. The summed E-state index contributed by atoms with van der Waals surface area (Å²) < 4.78 is 35.5. The molecular weight excluding hydrogens is 891 g/mol. The third kappa shape index (κ3) is 15.7. The zero-order valence-corrected chi connectivity index (χ0v) is 42.0. The zero-order chi connectivity index (χ0) is 49.7. The highest BCUT2D eigenvalue weighted by atomic mass is 16.7. The van der Waals surface area contributed by atoms with Gasteiger partial charge in [-0.3, -0.25) is 24.1 Å². The first-order valence-corrected chi connectivity index (χ1v) is 25.3. The van der Waals surface area contributed by atoms with Crippen molar-refractivity contribution in [1.82, 2.24) is 15.1 Å². The Hall–Kier alpha value is -3.13. The molecule has 4 heterocycles. The van der Waals surface area contributed by atoms with Crippen LogP contribution in [0, 0.1) is 29.6 Å². The Kier molecular flexibility index (Phi) is 23.4. The smallest absolute Gasteiger partial charge is 0.329 e. The third-order valence-electron chi connectivity index (χ3n) is 15.2. The molecule has 394 valence electrons. The van der Waals surface area contributed by atoms with Crippen molar-refractivity contribution in [2.75, 3.05) is 67.3 Å². The van der Waals surface area contributed by atoms with Gasteiger partial charge >= 0.3 is 5.97 Å². The molecule has 69 heavy (non-hydrogen) atoms. The number of ketones is 2. The van der Waals surface area contributed by atoms with Crippen molar-refractivity contribution in [3.8, 4) is 0 Å². The van der Waals surface area contributed by atoms with Crippen LogP contribution in [-0.2, 0) is 52.4 Å². The standard InChI is InChI=1S/C51H83N3O14.CH4/c1-31-24-32(2)26-43(64-7)47-44(65-8)28-34(4)51(62,68-47)48(59)49(60)54-18-10-9-13-38(54)50(61)67-46(33(3)27-36-15-16-39(55)42(29-36)63-6)35(5)40(56)30-41(57)37(25-31)12-11-14-45(58)52-17-19-53-20-22-66-23-21-53;/h25,27,32,34-40,42-44,46-47,55-56,62H,9-24,26,28-30H2,1-8H3,(H,52,58);1H4/b31-25+,33-27+;/t32-,34+,35+,36-,37+,38-,39+,40-,42+,43-,44-,46+,47+,51+;/m0./s1. The SMILES string of the molecule is C.CO[C@H]1C[C@@H](C)C/C(C)=C/[C@@H](CCCC(=O)NCCN2CCOCC2)C(=O)C[C@H](O)[C@@H](C)[C@@H](/C(C)=C/[C@@H]2CC[C@@H](O)[C@H](OC)C2)OC(=O)[C@@H]2CCCCN2C(=O)C(=O)[C@]2(O)O[C@H]1[C@@H](OC)C[C@H]2C. The van der Waals surface area contributed by atoms with Gasteiger partial charge in [0.05, 0.1) is 43.7 Å². The number of carbonyl (C=O) groups excluding carboxylic acids is 5. The molecular formula is C52H87N3O14. The van der Waals surface area contributed by atoms with Crippen LogP contribution < -0.4 is 5.32 Å². The molecule has 0 radical (unpaired) electrons. The van der Waals surface area contributed by atoms with Gasteiger partial charge in [-0.15, -0.1) is 0 Å². The second-order valence-corrected chi connectivity index (χ2v) is 20.4. The summed E-state index contributed by atoms with van der Waals surface area (Å²) >= 11 is 0. The Balaban J connectivity index is 0.0000104. The minimum Gasteiger partial charge on any atom is -0.456 e. The summed E-state index contributed by atoms with van der Waals surface area (Å²) in [5, 5.41) is 37.7. The third-order valence-corrected chi connectivity index (χ3v) is 15.2. The number of allylic oxidation sites excluding steroid dienone is 3. The highest BCUT2D eigenvalue weighted by molar-refractivity contribution is 6.39. The van der Waals surface area contributed by atoms with Crippen LogP contribution in [-0.4, -0.2) is 176 Å². The second-order valence-electron chi connectivity index (χ2n) is 20.4. The highest BCUT2D eigenvalue weighted by Crippen LogP contribution is 2.39. The number of ether oxygens (including phenoxy) is 6. The van der Waals surface area contributed by atoms with E-state index in [-0.39, 0.29) is 69.3 Å². The van der Waals surface area contributed by atoms with Gasteiger partial charge in [-0.2, -0.15) is 0 Å². The van der Waals surface area contributed by atoms with E-state index in [9.17, 15) is 39.3 Å². The summed E-state index contributed by atoms with van der Waals surface area (Å²) in [4.78, 5) is 74.1. The van der Waals surface area contributed by atoms with E-state index in [2.05, 4.69) is 10.2 Å². The van der Waals surface area contributed by atoms with E-state index in [1.54, 1.807) is 27.9 Å². The number of nitrogens with one attached hydrogen (secondary N) is 1. The average Bonchev–Trinajstić information content (AvgIpc) is 3.32. The lowest BCUT2D eigenvalue weighted by molar-refractivity contribution is -0.302. The minimum absolute atomic E-state index is 0. The zero-order valence-electron chi connectivity index (χ0n) is 42.0. The Labute approximate surface area is 411 Å². The van der Waals surface area contributed by atoms with E-state index < -0.39 is 83.9 Å². The summed E-state index contributed by atoms with van der Waals surface area (Å²) in [7, 11) is 4.60. The molecule has 1 saturated carbocycles. The fraction of sp³-hybridized carbons (Fsp3) is 0.827. The molecule has 1 aliphatic carbocycles. The molecule has 5 aliphatic rings. The molecule has 0 aromatic carbocycles. The van der Waals surface area contributed by atoms with Crippen molar-refractivity contribution < 1.29 is 67.7 Å². The van der Waals surface area contributed by atoms with Crippen molar-refractivity contribution in [3.63, 3.8) is 0 Å². The number of carbonyl (C=O) groups is 5. The number of methoxy groups -OCH3 is 3. The van der Waals surface area contributed by atoms with Gasteiger partial charge in [0.2, 0.25) is 11.7 Å². The van der Waals surface area contributed by atoms with E-state index in [1.165, 1.54) is 19.1 Å². The van der Waals surface area contributed by atoms with Crippen molar-refractivity contribution in [2.24, 2.45) is 29.6 Å². The van der Waals surface area contributed by atoms with E-state index in [1.807, 2.05) is 26.0 Å². The first-order chi connectivity index (χ1) is 32.4. The molecule has 0 aromatic rings. The van der Waals surface area contributed by atoms with E-state index in [4.69, 9.17) is 28.4 Å². The molecule has 14 atom stereocenters. The van der Waals surface area contributed by atoms with E-state index >= 15 is 0 Å². The van der Waals surface area contributed by atoms with E-state index in [0.29, 0.717) is 83.1 Å². The van der Waals surface area contributed by atoms with Crippen molar-refractivity contribution in [1.29, 1.82) is 0 Å². The first-order valence-electron chi connectivity index (χ1n) is 25.3. The Bertz CT molecular complexity index is 1750. The van der Waals surface area contributed by atoms with Crippen LogP contribution >= 0.6 is 0 Å². The molecule has 0 aromatic heterocycles. The van der Waals surface area contributed by atoms with Gasteiger partial charge in [-0.25, -0.2) is 4.79 Å². The maximum Gasteiger partial charge on any atom is 0.329 e. The number of fused-ring (bicyclic) bond motifs is 3. The van der Waals surface area contributed by atoms with Crippen LogP contribution in [0.4, 0.5) is 0 Å². The van der Waals surface area contributed by atoms with Gasteiger partial charge in [0.25, 0.3) is 11.7 Å². The topological polar surface area (TPSA) is 220 Å². The van der Waals surface area contributed by atoms with Crippen LogP contribution in [0.3, 0.4) is 0 Å². The molecule has 4 fully saturated rings. The average molecular weight is 978 g/mol. The summed E-state index contributed by atoms with van der Waals surface area (Å²) in [6.07, 6.45) is 3.33. The fourth-order valence-corrected chi connectivity index (χ4v) is 11.0. The molecule has 2 amide bonds. The van der Waals surface area contributed by atoms with E-state index in [0.717, 1.165) is 25.2 Å². The molecule has 4 aliphatic heterocycles. The van der Waals surface area contributed by atoms with Crippen molar-refractivity contribution in [2.45, 2.75) is 180 Å². The predicted octanol–water partition coefficient (Wildman–Crippen LogP) is 4.32. The van der Waals surface area contributed by atoms with Crippen LogP contribution in [0.2, 0.25) is 0 Å². The number of hydrogen-bond acceptors (Lipinski definition) is 15. The lowest BCUT2D eigenvalue weighted by Gasteiger charge is -2.47. The molecule has 2 bridgehead atoms. The summed E-state index contributed by atoms with van der Waals surface area (Å²) in [6.45, 7) is 13.4. The van der Waals surface area contributed by atoms with Crippen molar-refractivity contribution in [3.05, 3.63) is 23.3 Å². The number of aliphatic hydroxyl groups is 3. The number of hydrogen-bond donors (Lipinski definition) is 4. The van der Waals surface area contributed by atoms with Crippen LogP contribution in [0.1, 0.15) is 126 Å². The minimum atomic E-state index is -2.54. The van der Waals surface area contributed by atoms with Gasteiger partial charge in [0.1, 0.15) is 24.0 Å². The maximum atomic E-state index is 14.5. The number of amides is 2. The van der Waals surface area contributed by atoms with Crippen LogP contribution in [0.25, 0.3) is 0 Å². The number of cyclic esters (lactones) is 1. The Morgan fingerprint density at radius 2 is 1.58 bits per heavy atom. The summed E-state index contributed by atoms with van der Waals surface area (Å²) in [6, 6.07) is -1.18. The molecule has 17 heteroatoms. The van der Waals surface area contributed by atoms with Crippen LogP contribution in [0.5, 0.6) is 0 Å². The highest BCUT2D eigenvalue weighted by Gasteiger charge is 2.56. The summed E-state index contributed by atoms with van der Waals surface area (Å²) in [5.41, 5.74) is 1.55.